The highest BCUT2D eigenvalue weighted by molar-refractivity contribution is 5.85. The third-order valence-corrected chi connectivity index (χ3v) is 2.18. The van der Waals surface area contributed by atoms with Crippen molar-refractivity contribution in [1.82, 2.24) is 0 Å². The molecular formula is C12H11NO4. The van der Waals surface area contributed by atoms with E-state index in [-0.39, 0.29) is 29.9 Å². The zero-order valence-corrected chi connectivity index (χ0v) is 9.27. The summed E-state index contributed by atoms with van der Waals surface area (Å²) in [6.45, 7) is 1.93. The molecule has 88 valence electrons. The number of esters is 1. The second-order valence-corrected chi connectivity index (χ2v) is 3.24. The molecule has 0 saturated heterocycles. The molecule has 0 amide bonds. The number of ether oxygens (including phenoxy) is 1. The molecule has 17 heavy (non-hydrogen) atoms. The molecule has 0 aromatic heterocycles. The van der Waals surface area contributed by atoms with E-state index in [2.05, 4.69) is 0 Å². The molecule has 0 fully saturated rings. The first-order valence-corrected chi connectivity index (χ1v) is 4.99. The quantitative estimate of drug-likeness (QED) is 0.623. The van der Waals surface area contributed by atoms with Crippen molar-refractivity contribution in [3.8, 4) is 11.8 Å². The lowest BCUT2D eigenvalue weighted by molar-refractivity contribution is -0.142. The van der Waals surface area contributed by atoms with Gasteiger partial charge in [0.1, 0.15) is 11.8 Å². The minimum atomic E-state index is -0.480. The first-order chi connectivity index (χ1) is 8.13. The number of carbonyl (C=O) groups excluding carboxylic acids is 2. The van der Waals surface area contributed by atoms with Gasteiger partial charge in [0.05, 0.1) is 24.2 Å². The molecule has 0 atom stereocenters. The Hall–Kier alpha value is -2.35. The molecule has 0 heterocycles. The zero-order chi connectivity index (χ0) is 12.8. The van der Waals surface area contributed by atoms with Gasteiger partial charge in [0.25, 0.3) is 0 Å². The highest BCUT2D eigenvalue weighted by atomic mass is 16.5. The average molecular weight is 233 g/mol. The molecule has 5 nitrogen and oxygen atoms in total. The van der Waals surface area contributed by atoms with E-state index < -0.39 is 5.97 Å². The molecule has 0 unspecified atom stereocenters. The number of phenolic OH excluding ortho intramolecular Hbond substituents is 1. The molecule has 1 N–H and O–H groups in total. The van der Waals surface area contributed by atoms with E-state index in [0.29, 0.717) is 11.8 Å². The second-order valence-electron chi connectivity index (χ2n) is 3.24. The maximum Gasteiger partial charge on any atom is 0.310 e. The van der Waals surface area contributed by atoms with Crippen LogP contribution < -0.4 is 0 Å². The van der Waals surface area contributed by atoms with Crippen molar-refractivity contribution in [2.75, 3.05) is 6.61 Å². The number of benzene rings is 1. The van der Waals surface area contributed by atoms with Crippen molar-refractivity contribution in [3.05, 3.63) is 28.8 Å². The van der Waals surface area contributed by atoms with Crippen LogP contribution in [0.4, 0.5) is 0 Å². The van der Waals surface area contributed by atoms with Crippen LogP contribution in [0, 0.1) is 11.3 Å². The summed E-state index contributed by atoms with van der Waals surface area (Å²) in [5.74, 6) is -0.754. The summed E-state index contributed by atoms with van der Waals surface area (Å²) in [7, 11) is 0. The van der Waals surface area contributed by atoms with Gasteiger partial charge in [-0.3, -0.25) is 9.59 Å². The molecule has 1 aromatic rings. The van der Waals surface area contributed by atoms with Gasteiger partial charge in [-0.25, -0.2) is 0 Å². The van der Waals surface area contributed by atoms with Crippen molar-refractivity contribution in [2.45, 2.75) is 13.3 Å². The van der Waals surface area contributed by atoms with E-state index in [4.69, 9.17) is 10.00 Å². The van der Waals surface area contributed by atoms with Gasteiger partial charge in [-0.1, -0.05) is 6.07 Å². The molecule has 0 radical (unpaired) electrons. The lowest BCUT2D eigenvalue weighted by atomic mass is 9.99. The van der Waals surface area contributed by atoms with Gasteiger partial charge in [0.15, 0.2) is 6.29 Å². The number of nitriles is 1. The number of carbonyl (C=O) groups is 2. The molecule has 5 heteroatoms. The van der Waals surface area contributed by atoms with Crippen molar-refractivity contribution >= 4 is 12.3 Å². The number of rotatable bonds is 4. The molecular weight excluding hydrogens is 222 g/mol. The Bertz CT molecular complexity index is 488. The summed E-state index contributed by atoms with van der Waals surface area (Å²) in [5.41, 5.74) is 0.271. The second kappa shape index (κ2) is 5.66. The fraction of sp³-hybridized carbons (Fsp3) is 0.250. The number of aromatic hydroxyl groups is 1. The van der Waals surface area contributed by atoms with Gasteiger partial charge in [-0.15, -0.1) is 0 Å². The number of aldehydes is 1. The standard InChI is InChI=1S/C12H11NO4/c1-2-17-12(16)5-8-3-4-11(15)10(7-14)9(8)6-13/h3-4,7,15H,2,5H2,1H3. The summed E-state index contributed by atoms with van der Waals surface area (Å²) in [6, 6.07) is 4.51. The Kier molecular flexibility index (Phi) is 4.23. The highest BCUT2D eigenvalue weighted by Gasteiger charge is 2.15. The maximum absolute atomic E-state index is 11.3. The molecule has 1 aromatic carbocycles. The van der Waals surface area contributed by atoms with Crippen molar-refractivity contribution in [3.63, 3.8) is 0 Å². The van der Waals surface area contributed by atoms with Gasteiger partial charge < -0.3 is 9.84 Å². The molecule has 1 rings (SSSR count). The zero-order valence-electron chi connectivity index (χ0n) is 9.27. The first kappa shape index (κ1) is 12.7. The molecule has 0 aliphatic carbocycles. The third-order valence-electron chi connectivity index (χ3n) is 2.18. The Morgan fingerprint density at radius 2 is 2.29 bits per heavy atom. The number of nitrogens with zero attached hydrogens (tertiary/aromatic N) is 1. The summed E-state index contributed by atoms with van der Waals surface area (Å²) >= 11 is 0. The maximum atomic E-state index is 11.3. The van der Waals surface area contributed by atoms with Crippen LogP contribution in [-0.4, -0.2) is 24.0 Å². The lowest BCUT2D eigenvalue weighted by Gasteiger charge is -2.07. The summed E-state index contributed by atoms with van der Waals surface area (Å²) in [5, 5.41) is 18.3. The van der Waals surface area contributed by atoms with E-state index >= 15 is 0 Å². The largest absolute Gasteiger partial charge is 0.507 e. The van der Waals surface area contributed by atoms with Crippen molar-refractivity contribution in [1.29, 1.82) is 5.26 Å². The molecule has 0 saturated carbocycles. The van der Waals surface area contributed by atoms with Gasteiger partial charge in [0.2, 0.25) is 0 Å². The smallest absolute Gasteiger partial charge is 0.310 e. The van der Waals surface area contributed by atoms with Crippen LogP contribution in [0.15, 0.2) is 12.1 Å². The molecule has 0 bridgehead atoms. The van der Waals surface area contributed by atoms with Crippen LogP contribution in [0.25, 0.3) is 0 Å². The predicted molar refractivity (Wildman–Crippen MR) is 58.5 cm³/mol. The summed E-state index contributed by atoms with van der Waals surface area (Å²) in [4.78, 5) is 22.0. The van der Waals surface area contributed by atoms with Crippen LogP contribution >= 0.6 is 0 Å². The average Bonchev–Trinajstić information content (AvgIpc) is 2.31. The van der Waals surface area contributed by atoms with Gasteiger partial charge in [-0.05, 0) is 18.6 Å². The fourth-order valence-electron chi connectivity index (χ4n) is 1.42. The lowest BCUT2D eigenvalue weighted by Crippen LogP contribution is -2.09. The minimum Gasteiger partial charge on any atom is -0.507 e. The van der Waals surface area contributed by atoms with Crippen LogP contribution in [0.2, 0.25) is 0 Å². The molecule has 0 aliphatic rings. The van der Waals surface area contributed by atoms with Crippen LogP contribution in [0.5, 0.6) is 5.75 Å². The number of phenols is 1. The Morgan fingerprint density at radius 3 is 2.82 bits per heavy atom. The van der Waals surface area contributed by atoms with E-state index in [1.165, 1.54) is 12.1 Å². The molecule has 0 aliphatic heterocycles. The minimum absolute atomic E-state index is 0.00746. The van der Waals surface area contributed by atoms with Crippen molar-refractivity contribution < 1.29 is 19.4 Å². The third kappa shape index (κ3) is 2.82. The first-order valence-electron chi connectivity index (χ1n) is 4.99. The SMILES string of the molecule is CCOC(=O)Cc1ccc(O)c(C=O)c1C#N. The molecule has 0 spiro atoms. The topological polar surface area (TPSA) is 87.4 Å². The normalized spacial score (nSPS) is 9.41. The van der Waals surface area contributed by atoms with E-state index in [1.54, 1.807) is 13.0 Å². The monoisotopic (exact) mass is 233 g/mol. The van der Waals surface area contributed by atoms with Crippen molar-refractivity contribution in [2.24, 2.45) is 0 Å². The van der Waals surface area contributed by atoms with Crippen LogP contribution in [0.1, 0.15) is 28.4 Å². The summed E-state index contributed by atoms with van der Waals surface area (Å²) in [6.07, 6.45) is 0.292. The van der Waals surface area contributed by atoms with Gasteiger partial charge in [0, 0.05) is 0 Å². The van der Waals surface area contributed by atoms with Gasteiger partial charge >= 0.3 is 5.97 Å². The van der Waals surface area contributed by atoms with Crippen LogP contribution in [-0.2, 0) is 16.0 Å². The van der Waals surface area contributed by atoms with Gasteiger partial charge in [-0.2, -0.15) is 5.26 Å². The summed E-state index contributed by atoms with van der Waals surface area (Å²) < 4.78 is 4.75. The predicted octanol–water partition coefficient (Wildman–Crippen LogP) is 1.18. The van der Waals surface area contributed by atoms with E-state index in [0.717, 1.165) is 0 Å². The Labute approximate surface area is 98.2 Å². The Balaban J connectivity index is 3.13. The number of hydrogen-bond donors (Lipinski definition) is 1. The fourth-order valence-corrected chi connectivity index (χ4v) is 1.42. The Morgan fingerprint density at radius 1 is 1.59 bits per heavy atom. The van der Waals surface area contributed by atoms with E-state index in [1.807, 2.05) is 0 Å². The van der Waals surface area contributed by atoms with Crippen LogP contribution in [0.3, 0.4) is 0 Å². The highest BCUT2D eigenvalue weighted by Crippen LogP contribution is 2.22. The number of hydrogen-bond acceptors (Lipinski definition) is 5. The van der Waals surface area contributed by atoms with E-state index in [9.17, 15) is 14.7 Å².